The van der Waals surface area contributed by atoms with Crippen LogP contribution in [0.15, 0.2) is 48.5 Å². The van der Waals surface area contributed by atoms with Crippen LogP contribution in [0.1, 0.15) is 22.8 Å². The summed E-state index contributed by atoms with van der Waals surface area (Å²) in [5.74, 6) is -0.150. The van der Waals surface area contributed by atoms with Crippen molar-refractivity contribution in [2.24, 2.45) is 0 Å². The molecule has 0 bridgehead atoms. The number of rotatable bonds is 4. The fourth-order valence-electron chi connectivity index (χ4n) is 2.95. The molecule has 2 aromatic carbocycles. The molecule has 0 radical (unpaired) electrons. The maximum atomic E-state index is 13.0. The molecule has 0 spiro atoms. The SMILES string of the molecule is CC(=O)c1ccc(NC(=S)N2CCN(Cc3ccc(F)cc3)CC2)cc1. The molecule has 1 heterocycles. The Morgan fingerprint density at radius 1 is 1.04 bits per heavy atom. The van der Waals surface area contributed by atoms with Crippen LogP contribution in [-0.4, -0.2) is 46.9 Å². The topological polar surface area (TPSA) is 35.6 Å². The molecular weight excluding hydrogens is 349 g/mol. The van der Waals surface area contributed by atoms with Gasteiger partial charge in [-0.25, -0.2) is 4.39 Å². The number of carbonyl (C=O) groups excluding carboxylic acids is 1. The van der Waals surface area contributed by atoms with Gasteiger partial charge in [-0.3, -0.25) is 9.69 Å². The van der Waals surface area contributed by atoms with Gasteiger partial charge < -0.3 is 10.2 Å². The fourth-order valence-corrected chi connectivity index (χ4v) is 3.25. The van der Waals surface area contributed by atoms with Crippen LogP contribution in [0.5, 0.6) is 0 Å². The average molecular weight is 371 g/mol. The van der Waals surface area contributed by atoms with E-state index in [1.807, 2.05) is 24.3 Å². The van der Waals surface area contributed by atoms with E-state index in [4.69, 9.17) is 12.2 Å². The normalized spacial score (nSPS) is 14.9. The number of halogens is 1. The molecule has 4 nitrogen and oxygen atoms in total. The van der Waals surface area contributed by atoms with Crippen molar-refractivity contribution in [3.8, 4) is 0 Å². The number of nitrogens with one attached hydrogen (secondary N) is 1. The second-order valence-corrected chi connectivity index (χ2v) is 6.84. The number of ketones is 1. The largest absolute Gasteiger partial charge is 0.346 e. The summed E-state index contributed by atoms with van der Waals surface area (Å²) in [6, 6.07) is 14.0. The molecule has 1 aliphatic heterocycles. The number of thiocarbonyl (C=S) groups is 1. The van der Waals surface area contributed by atoms with Crippen LogP contribution in [0.25, 0.3) is 0 Å². The highest BCUT2D eigenvalue weighted by molar-refractivity contribution is 7.80. The van der Waals surface area contributed by atoms with E-state index in [0.29, 0.717) is 10.7 Å². The van der Waals surface area contributed by atoms with Crippen molar-refractivity contribution in [3.05, 3.63) is 65.5 Å². The van der Waals surface area contributed by atoms with Crippen molar-refractivity contribution < 1.29 is 9.18 Å². The van der Waals surface area contributed by atoms with Crippen molar-refractivity contribution in [2.45, 2.75) is 13.5 Å². The third-order valence-electron chi connectivity index (χ3n) is 4.52. The van der Waals surface area contributed by atoms with E-state index in [-0.39, 0.29) is 11.6 Å². The summed E-state index contributed by atoms with van der Waals surface area (Å²) in [6.07, 6.45) is 0. The third-order valence-corrected chi connectivity index (χ3v) is 4.88. The number of benzene rings is 2. The zero-order chi connectivity index (χ0) is 18.5. The van der Waals surface area contributed by atoms with Gasteiger partial charge in [0.1, 0.15) is 5.82 Å². The zero-order valence-corrected chi connectivity index (χ0v) is 15.6. The Hall–Kier alpha value is -2.31. The summed E-state index contributed by atoms with van der Waals surface area (Å²) in [5.41, 5.74) is 2.69. The number of Topliss-reactive ketones (excluding diaryl/α,β-unsaturated/α-hetero) is 1. The van der Waals surface area contributed by atoms with E-state index in [1.165, 1.54) is 12.1 Å². The Morgan fingerprint density at radius 2 is 1.65 bits per heavy atom. The molecule has 3 rings (SSSR count). The molecule has 0 unspecified atom stereocenters. The molecule has 1 saturated heterocycles. The molecule has 0 amide bonds. The van der Waals surface area contributed by atoms with Crippen molar-refractivity contribution >= 4 is 28.8 Å². The average Bonchev–Trinajstić information content (AvgIpc) is 2.64. The Kier molecular flexibility index (Phi) is 5.96. The van der Waals surface area contributed by atoms with Crippen LogP contribution in [0.2, 0.25) is 0 Å². The highest BCUT2D eigenvalue weighted by atomic mass is 32.1. The van der Waals surface area contributed by atoms with Gasteiger partial charge in [0.2, 0.25) is 0 Å². The molecule has 2 aromatic rings. The molecular formula is C20H22FN3OS. The maximum Gasteiger partial charge on any atom is 0.173 e. The van der Waals surface area contributed by atoms with Crippen LogP contribution in [0, 0.1) is 5.82 Å². The second kappa shape index (κ2) is 8.38. The van der Waals surface area contributed by atoms with E-state index in [2.05, 4.69) is 15.1 Å². The van der Waals surface area contributed by atoms with Gasteiger partial charge in [0.25, 0.3) is 0 Å². The van der Waals surface area contributed by atoms with Gasteiger partial charge in [-0.15, -0.1) is 0 Å². The van der Waals surface area contributed by atoms with Gasteiger partial charge in [-0.1, -0.05) is 12.1 Å². The van der Waals surface area contributed by atoms with Gasteiger partial charge in [-0.2, -0.15) is 0 Å². The minimum atomic E-state index is -0.202. The van der Waals surface area contributed by atoms with E-state index >= 15 is 0 Å². The molecule has 136 valence electrons. The molecule has 26 heavy (non-hydrogen) atoms. The molecule has 0 aromatic heterocycles. The van der Waals surface area contributed by atoms with Crippen molar-refractivity contribution in [2.75, 3.05) is 31.5 Å². The summed E-state index contributed by atoms with van der Waals surface area (Å²) in [6.45, 7) is 5.88. The first-order valence-corrected chi connectivity index (χ1v) is 9.06. The zero-order valence-electron chi connectivity index (χ0n) is 14.7. The number of nitrogens with zero attached hydrogens (tertiary/aromatic N) is 2. The summed E-state index contributed by atoms with van der Waals surface area (Å²) < 4.78 is 13.0. The van der Waals surface area contributed by atoms with E-state index < -0.39 is 0 Å². The molecule has 1 N–H and O–H groups in total. The first-order chi connectivity index (χ1) is 12.5. The fraction of sp³-hybridized carbons (Fsp3) is 0.300. The van der Waals surface area contributed by atoms with E-state index in [1.54, 1.807) is 19.1 Å². The molecule has 6 heteroatoms. The van der Waals surface area contributed by atoms with Crippen LogP contribution in [-0.2, 0) is 6.54 Å². The van der Waals surface area contributed by atoms with Crippen LogP contribution in [0.3, 0.4) is 0 Å². The number of hydrogen-bond donors (Lipinski definition) is 1. The Morgan fingerprint density at radius 3 is 2.23 bits per heavy atom. The third kappa shape index (κ3) is 4.86. The van der Waals surface area contributed by atoms with E-state index in [9.17, 15) is 9.18 Å². The molecule has 0 atom stereocenters. The standard InChI is InChI=1S/C20H22FN3OS/c1-15(25)17-4-8-19(9-5-17)22-20(26)24-12-10-23(11-13-24)14-16-2-6-18(21)7-3-16/h2-9H,10-14H2,1H3,(H,22,26). The van der Waals surface area contributed by atoms with Gasteiger partial charge in [-0.05, 0) is 61.1 Å². The lowest BCUT2D eigenvalue weighted by molar-refractivity contribution is 0.101. The summed E-state index contributed by atoms with van der Waals surface area (Å²) in [5, 5.41) is 3.93. The smallest absolute Gasteiger partial charge is 0.173 e. The minimum absolute atomic E-state index is 0.0522. The number of anilines is 1. The van der Waals surface area contributed by atoms with Gasteiger partial charge in [0, 0.05) is 44.0 Å². The lowest BCUT2D eigenvalue weighted by atomic mass is 10.1. The molecule has 0 saturated carbocycles. The number of carbonyl (C=O) groups is 1. The minimum Gasteiger partial charge on any atom is -0.346 e. The van der Waals surface area contributed by atoms with Crippen LogP contribution < -0.4 is 5.32 Å². The molecule has 0 aliphatic carbocycles. The quantitative estimate of drug-likeness (QED) is 0.657. The summed E-state index contributed by atoms with van der Waals surface area (Å²) >= 11 is 5.51. The number of piperazine rings is 1. The molecule has 1 fully saturated rings. The van der Waals surface area contributed by atoms with Crippen LogP contribution in [0.4, 0.5) is 10.1 Å². The van der Waals surface area contributed by atoms with Crippen molar-refractivity contribution in [1.82, 2.24) is 9.80 Å². The second-order valence-electron chi connectivity index (χ2n) is 6.45. The highest BCUT2D eigenvalue weighted by Gasteiger charge is 2.19. The Bertz CT molecular complexity index is 769. The monoisotopic (exact) mass is 371 g/mol. The maximum absolute atomic E-state index is 13.0. The van der Waals surface area contributed by atoms with Gasteiger partial charge >= 0.3 is 0 Å². The first-order valence-electron chi connectivity index (χ1n) is 8.65. The Labute approximate surface area is 158 Å². The van der Waals surface area contributed by atoms with Crippen molar-refractivity contribution in [1.29, 1.82) is 0 Å². The Balaban J connectivity index is 1.48. The number of hydrogen-bond acceptors (Lipinski definition) is 3. The van der Waals surface area contributed by atoms with E-state index in [0.717, 1.165) is 44.0 Å². The summed E-state index contributed by atoms with van der Waals surface area (Å²) in [7, 11) is 0. The van der Waals surface area contributed by atoms with Gasteiger partial charge in [0.05, 0.1) is 0 Å². The lowest BCUT2D eigenvalue weighted by Gasteiger charge is -2.36. The highest BCUT2D eigenvalue weighted by Crippen LogP contribution is 2.13. The first kappa shape index (κ1) is 18.5. The summed E-state index contributed by atoms with van der Waals surface area (Å²) in [4.78, 5) is 15.8. The lowest BCUT2D eigenvalue weighted by Crippen LogP contribution is -2.49. The van der Waals surface area contributed by atoms with Crippen molar-refractivity contribution in [3.63, 3.8) is 0 Å². The predicted molar refractivity (Wildman–Crippen MR) is 106 cm³/mol. The predicted octanol–water partition coefficient (Wildman–Crippen LogP) is 3.54. The van der Waals surface area contributed by atoms with Crippen LogP contribution >= 0.6 is 12.2 Å². The molecule has 1 aliphatic rings. The van der Waals surface area contributed by atoms with Gasteiger partial charge in [0.15, 0.2) is 10.9 Å².